The van der Waals surface area contributed by atoms with Gasteiger partial charge in [-0.2, -0.15) is 4.99 Å². The SMILES string of the molecule is C[C@H](CCc1ccccc1)N=C(N)N=C(N)N. The minimum atomic E-state index is -0.0680. The largest absolute Gasteiger partial charge is 0.370 e. The number of hydrogen-bond donors (Lipinski definition) is 3. The van der Waals surface area contributed by atoms with Crippen molar-refractivity contribution in [3.63, 3.8) is 0 Å². The van der Waals surface area contributed by atoms with Crippen molar-refractivity contribution in [3.05, 3.63) is 35.9 Å². The van der Waals surface area contributed by atoms with E-state index in [1.807, 2.05) is 25.1 Å². The lowest BCUT2D eigenvalue weighted by Crippen LogP contribution is -2.27. The quantitative estimate of drug-likeness (QED) is 0.524. The normalized spacial score (nSPS) is 13.1. The molecule has 92 valence electrons. The Morgan fingerprint density at radius 2 is 1.82 bits per heavy atom. The summed E-state index contributed by atoms with van der Waals surface area (Å²) in [7, 11) is 0. The van der Waals surface area contributed by atoms with Crippen molar-refractivity contribution < 1.29 is 0 Å². The van der Waals surface area contributed by atoms with Gasteiger partial charge in [0.1, 0.15) is 0 Å². The van der Waals surface area contributed by atoms with Gasteiger partial charge in [-0.15, -0.1) is 0 Å². The maximum absolute atomic E-state index is 5.55. The maximum Gasteiger partial charge on any atom is 0.218 e. The molecule has 1 aromatic carbocycles. The van der Waals surface area contributed by atoms with Crippen LogP contribution in [0.4, 0.5) is 0 Å². The van der Waals surface area contributed by atoms with Crippen LogP contribution in [-0.2, 0) is 6.42 Å². The zero-order chi connectivity index (χ0) is 12.7. The lowest BCUT2D eigenvalue weighted by Gasteiger charge is -2.06. The maximum atomic E-state index is 5.55. The van der Waals surface area contributed by atoms with Gasteiger partial charge in [0.25, 0.3) is 0 Å². The molecular formula is C12H19N5. The number of hydrogen-bond acceptors (Lipinski definition) is 1. The molecule has 5 nitrogen and oxygen atoms in total. The first kappa shape index (κ1) is 13.0. The van der Waals surface area contributed by atoms with Gasteiger partial charge in [-0.1, -0.05) is 30.3 Å². The minimum absolute atomic E-state index is 0.0680. The summed E-state index contributed by atoms with van der Waals surface area (Å²) < 4.78 is 0. The summed E-state index contributed by atoms with van der Waals surface area (Å²) in [5, 5.41) is 0. The zero-order valence-electron chi connectivity index (χ0n) is 10.0. The highest BCUT2D eigenvalue weighted by atomic mass is 15.1. The Balaban J connectivity index is 2.45. The highest BCUT2D eigenvalue weighted by Crippen LogP contribution is 2.06. The molecule has 0 saturated carbocycles. The van der Waals surface area contributed by atoms with Gasteiger partial charge in [0, 0.05) is 0 Å². The molecule has 0 spiro atoms. The van der Waals surface area contributed by atoms with E-state index in [0.717, 1.165) is 12.8 Å². The van der Waals surface area contributed by atoms with Gasteiger partial charge < -0.3 is 17.2 Å². The highest BCUT2D eigenvalue weighted by Gasteiger charge is 2.01. The fraction of sp³-hybridized carbons (Fsp3) is 0.333. The molecule has 0 fully saturated rings. The second-order valence-corrected chi connectivity index (χ2v) is 3.90. The monoisotopic (exact) mass is 233 g/mol. The van der Waals surface area contributed by atoms with Gasteiger partial charge in [-0.05, 0) is 25.3 Å². The van der Waals surface area contributed by atoms with E-state index >= 15 is 0 Å². The Kier molecular flexibility index (Phi) is 5.00. The van der Waals surface area contributed by atoms with Crippen LogP contribution in [0.3, 0.4) is 0 Å². The fourth-order valence-electron chi connectivity index (χ4n) is 1.47. The lowest BCUT2D eigenvalue weighted by molar-refractivity contribution is 0.667. The topological polar surface area (TPSA) is 103 Å². The highest BCUT2D eigenvalue weighted by molar-refractivity contribution is 5.92. The molecule has 1 atom stereocenters. The Hall–Kier alpha value is -2.04. The number of nitrogens with zero attached hydrogens (tertiary/aromatic N) is 2. The van der Waals surface area contributed by atoms with E-state index in [2.05, 4.69) is 22.1 Å². The molecule has 17 heavy (non-hydrogen) atoms. The summed E-state index contributed by atoms with van der Waals surface area (Å²) in [6.07, 6.45) is 1.87. The van der Waals surface area contributed by atoms with Gasteiger partial charge in [-0.3, -0.25) is 0 Å². The van der Waals surface area contributed by atoms with E-state index in [1.54, 1.807) is 0 Å². The molecular weight excluding hydrogens is 214 g/mol. The summed E-state index contributed by atoms with van der Waals surface area (Å²) in [4.78, 5) is 7.85. The van der Waals surface area contributed by atoms with Crippen LogP contribution < -0.4 is 17.2 Å². The number of benzene rings is 1. The predicted molar refractivity (Wildman–Crippen MR) is 71.7 cm³/mol. The van der Waals surface area contributed by atoms with E-state index in [9.17, 15) is 0 Å². The standard InChI is InChI=1S/C12H19N5/c1-9(16-12(15)17-11(13)14)7-8-10-5-3-2-4-6-10/h2-6,9H,7-8H2,1H3,(H6,13,14,15,16,17)/t9-/m1/s1. The third-order valence-corrected chi connectivity index (χ3v) is 2.29. The summed E-state index contributed by atoms with van der Waals surface area (Å²) in [5.74, 6) is 0.0621. The van der Waals surface area contributed by atoms with Gasteiger partial charge in [0.2, 0.25) is 5.96 Å². The van der Waals surface area contributed by atoms with Crippen LogP contribution in [0.15, 0.2) is 40.3 Å². The van der Waals surface area contributed by atoms with Gasteiger partial charge in [-0.25, -0.2) is 4.99 Å². The van der Waals surface area contributed by atoms with Crippen molar-refractivity contribution in [1.82, 2.24) is 0 Å². The zero-order valence-corrected chi connectivity index (χ0v) is 10.0. The van der Waals surface area contributed by atoms with Crippen molar-refractivity contribution in [2.45, 2.75) is 25.8 Å². The number of nitrogens with two attached hydrogens (primary N) is 3. The van der Waals surface area contributed by atoms with Crippen LogP contribution >= 0.6 is 0 Å². The van der Waals surface area contributed by atoms with Crippen LogP contribution in [0, 0.1) is 0 Å². The molecule has 0 aliphatic carbocycles. The summed E-state index contributed by atoms with van der Waals surface area (Å²) in [6.45, 7) is 1.98. The Bertz CT molecular complexity index is 393. The van der Waals surface area contributed by atoms with Crippen LogP contribution in [0.5, 0.6) is 0 Å². The second kappa shape index (κ2) is 6.52. The molecule has 1 rings (SSSR count). The summed E-state index contributed by atoms with van der Waals surface area (Å²) in [5.41, 5.74) is 17.2. The van der Waals surface area contributed by atoms with E-state index in [-0.39, 0.29) is 18.0 Å². The predicted octanol–water partition coefficient (Wildman–Crippen LogP) is 0.596. The number of guanidine groups is 2. The first-order valence-electron chi connectivity index (χ1n) is 5.54. The van der Waals surface area contributed by atoms with E-state index in [4.69, 9.17) is 17.2 Å². The van der Waals surface area contributed by atoms with Crippen molar-refractivity contribution >= 4 is 11.9 Å². The molecule has 1 aromatic rings. The van der Waals surface area contributed by atoms with Crippen LogP contribution in [-0.4, -0.2) is 18.0 Å². The first-order valence-corrected chi connectivity index (χ1v) is 5.54. The smallest absolute Gasteiger partial charge is 0.218 e. The van der Waals surface area contributed by atoms with Crippen LogP contribution in [0.2, 0.25) is 0 Å². The van der Waals surface area contributed by atoms with Crippen molar-refractivity contribution in [3.8, 4) is 0 Å². The number of aliphatic imine (C=N–C) groups is 2. The summed E-state index contributed by atoms with van der Waals surface area (Å²) in [6, 6.07) is 10.3. The lowest BCUT2D eigenvalue weighted by atomic mass is 10.1. The van der Waals surface area contributed by atoms with Gasteiger partial charge in [0.15, 0.2) is 5.96 Å². The average molecular weight is 233 g/mol. The van der Waals surface area contributed by atoms with Crippen LogP contribution in [0.1, 0.15) is 18.9 Å². The molecule has 0 aliphatic rings. The van der Waals surface area contributed by atoms with Gasteiger partial charge >= 0.3 is 0 Å². The molecule has 5 heteroatoms. The molecule has 6 N–H and O–H groups in total. The van der Waals surface area contributed by atoms with E-state index in [0.29, 0.717) is 0 Å². The average Bonchev–Trinajstić information content (AvgIpc) is 2.26. The van der Waals surface area contributed by atoms with Gasteiger partial charge in [0.05, 0.1) is 6.04 Å². The second-order valence-electron chi connectivity index (χ2n) is 3.90. The third kappa shape index (κ3) is 5.55. The molecule has 0 saturated heterocycles. The fourth-order valence-corrected chi connectivity index (χ4v) is 1.47. The Labute approximate surface area is 101 Å². The van der Waals surface area contributed by atoms with Crippen molar-refractivity contribution in [2.24, 2.45) is 27.2 Å². The molecule has 0 radical (unpaired) electrons. The molecule has 0 amide bonds. The molecule has 0 heterocycles. The molecule has 0 bridgehead atoms. The number of aryl methyl sites for hydroxylation is 1. The van der Waals surface area contributed by atoms with E-state index < -0.39 is 0 Å². The van der Waals surface area contributed by atoms with E-state index in [1.165, 1.54) is 5.56 Å². The van der Waals surface area contributed by atoms with Crippen LogP contribution in [0.25, 0.3) is 0 Å². The first-order chi connectivity index (χ1) is 8.08. The Morgan fingerprint density at radius 1 is 1.18 bits per heavy atom. The van der Waals surface area contributed by atoms with Crippen molar-refractivity contribution in [1.29, 1.82) is 0 Å². The summed E-state index contributed by atoms with van der Waals surface area (Å²) >= 11 is 0. The molecule has 0 aliphatic heterocycles. The third-order valence-electron chi connectivity index (χ3n) is 2.29. The minimum Gasteiger partial charge on any atom is -0.370 e. The molecule has 0 aromatic heterocycles. The van der Waals surface area contributed by atoms with Crippen molar-refractivity contribution in [2.75, 3.05) is 0 Å². The Morgan fingerprint density at radius 3 is 2.41 bits per heavy atom. The number of rotatable bonds is 4. The molecule has 0 unspecified atom stereocenters.